The van der Waals surface area contributed by atoms with E-state index >= 15 is 0 Å². The number of hydrogen-bond donors (Lipinski definition) is 0. The number of rotatable bonds is 4. The zero-order valence-corrected chi connectivity index (χ0v) is 11.3. The molecule has 0 fully saturated rings. The van der Waals surface area contributed by atoms with Crippen molar-refractivity contribution in [1.29, 1.82) is 0 Å². The summed E-state index contributed by atoms with van der Waals surface area (Å²) in [6.45, 7) is 0. The molecule has 0 saturated heterocycles. The van der Waals surface area contributed by atoms with Crippen LogP contribution in [-0.4, -0.2) is 11.7 Å². The molecule has 0 radical (unpaired) electrons. The first kappa shape index (κ1) is 12.2. The first-order valence-electron chi connectivity index (χ1n) is 4.12. The quantitative estimate of drug-likeness (QED) is 0.594. The Balaban J connectivity index is 2.96. The van der Waals surface area contributed by atoms with Crippen molar-refractivity contribution in [2.45, 2.75) is 11.8 Å². The van der Waals surface area contributed by atoms with Crippen LogP contribution < -0.4 is 0 Å². The van der Waals surface area contributed by atoms with Crippen molar-refractivity contribution >= 4 is 49.2 Å². The van der Waals surface area contributed by atoms with Crippen molar-refractivity contribution in [2.24, 2.45) is 0 Å². The summed E-state index contributed by atoms with van der Waals surface area (Å²) in [7, 11) is 0. The largest absolute Gasteiger partial charge is 0.294 e. The van der Waals surface area contributed by atoms with E-state index < -0.39 is 0 Å². The Morgan fingerprint density at radius 2 is 2.07 bits per heavy atom. The average Bonchev–Trinajstić information content (AvgIpc) is 2.17. The fourth-order valence-corrected chi connectivity index (χ4v) is 2.15. The topological polar surface area (TPSA) is 17.1 Å². The summed E-state index contributed by atoms with van der Waals surface area (Å²) in [5, 5.41) is 0.744. The average molecular weight is 340 g/mol. The fourth-order valence-electron chi connectivity index (χ4n) is 1.12. The van der Waals surface area contributed by atoms with Crippen LogP contribution in [0.15, 0.2) is 22.7 Å². The van der Waals surface area contributed by atoms with Gasteiger partial charge in [0, 0.05) is 27.7 Å². The molecule has 0 saturated carbocycles. The molecule has 1 rings (SSSR count). The van der Waals surface area contributed by atoms with Gasteiger partial charge in [-0.25, -0.2) is 0 Å². The van der Waals surface area contributed by atoms with E-state index in [0.29, 0.717) is 12.3 Å². The van der Waals surface area contributed by atoms with Gasteiger partial charge in [-0.2, -0.15) is 0 Å². The lowest BCUT2D eigenvalue weighted by molar-refractivity contribution is 0.0989. The Kier molecular flexibility index (Phi) is 5.13. The zero-order chi connectivity index (χ0) is 10.6. The molecular formula is C10H9Br2ClO. The molecule has 4 heteroatoms. The van der Waals surface area contributed by atoms with E-state index in [9.17, 15) is 4.79 Å². The predicted octanol–water partition coefficient (Wildman–Crippen LogP) is 4.16. The van der Waals surface area contributed by atoms with E-state index in [1.54, 1.807) is 0 Å². The highest BCUT2D eigenvalue weighted by Crippen LogP contribution is 2.19. The maximum absolute atomic E-state index is 11.5. The Labute approximate surface area is 105 Å². The van der Waals surface area contributed by atoms with Crippen molar-refractivity contribution in [1.82, 2.24) is 0 Å². The highest BCUT2D eigenvalue weighted by molar-refractivity contribution is 9.10. The molecule has 0 bridgehead atoms. The SMILES string of the molecule is O=C(CCCl)c1cc(Br)cc(CBr)c1. The molecule has 0 unspecified atom stereocenters. The van der Waals surface area contributed by atoms with Gasteiger partial charge in [-0.05, 0) is 23.8 Å². The molecule has 14 heavy (non-hydrogen) atoms. The fraction of sp³-hybridized carbons (Fsp3) is 0.300. The number of alkyl halides is 2. The molecule has 0 spiro atoms. The van der Waals surface area contributed by atoms with Crippen molar-refractivity contribution in [2.75, 3.05) is 5.88 Å². The van der Waals surface area contributed by atoms with Crippen LogP contribution in [0.25, 0.3) is 0 Å². The standard InChI is InChI=1S/C10H9Br2ClO/c11-6-7-3-8(5-9(12)4-7)10(14)1-2-13/h3-5H,1-2,6H2. The van der Waals surface area contributed by atoms with E-state index in [2.05, 4.69) is 31.9 Å². The van der Waals surface area contributed by atoms with Gasteiger partial charge in [0.2, 0.25) is 0 Å². The maximum atomic E-state index is 11.5. The minimum atomic E-state index is 0.0866. The molecule has 0 aliphatic heterocycles. The smallest absolute Gasteiger partial charge is 0.164 e. The van der Waals surface area contributed by atoms with E-state index in [1.165, 1.54) is 0 Å². The Morgan fingerprint density at radius 3 is 2.64 bits per heavy atom. The van der Waals surface area contributed by atoms with Gasteiger partial charge in [-0.3, -0.25) is 4.79 Å². The molecule has 1 nitrogen and oxygen atoms in total. The van der Waals surface area contributed by atoms with Crippen LogP contribution in [0.5, 0.6) is 0 Å². The molecule has 1 aromatic rings. The molecule has 0 atom stereocenters. The minimum absolute atomic E-state index is 0.0866. The summed E-state index contributed by atoms with van der Waals surface area (Å²) in [6.07, 6.45) is 0.389. The highest BCUT2D eigenvalue weighted by atomic mass is 79.9. The highest BCUT2D eigenvalue weighted by Gasteiger charge is 2.06. The Morgan fingerprint density at radius 1 is 1.36 bits per heavy atom. The van der Waals surface area contributed by atoms with Crippen molar-refractivity contribution in [3.05, 3.63) is 33.8 Å². The summed E-state index contributed by atoms with van der Waals surface area (Å²) in [6, 6.07) is 5.68. The number of halogens is 3. The third-order valence-corrected chi connectivity index (χ3v) is 3.05. The van der Waals surface area contributed by atoms with Crippen LogP contribution in [0, 0.1) is 0 Å². The van der Waals surface area contributed by atoms with Gasteiger partial charge in [0.15, 0.2) is 5.78 Å². The van der Waals surface area contributed by atoms with Crippen LogP contribution in [0.1, 0.15) is 22.3 Å². The second-order valence-corrected chi connectivity index (χ2v) is 4.70. The molecule has 0 aliphatic rings. The van der Waals surface area contributed by atoms with E-state index in [1.807, 2.05) is 18.2 Å². The van der Waals surface area contributed by atoms with Gasteiger partial charge in [-0.1, -0.05) is 31.9 Å². The van der Waals surface area contributed by atoms with Gasteiger partial charge < -0.3 is 0 Å². The van der Waals surface area contributed by atoms with Crippen LogP contribution in [0.3, 0.4) is 0 Å². The van der Waals surface area contributed by atoms with Crippen LogP contribution in [0.2, 0.25) is 0 Å². The molecular weight excluding hydrogens is 331 g/mol. The van der Waals surface area contributed by atoms with Crippen molar-refractivity contribution in [3.63, 3.8) is 0 Å². The number of hydrogen-bond acceptors (Lipinski definition) is 1. The molecule has 1 aromatic carbocycles. The second-order valence-electron chi connectivity index (χ2n) is 2.84. The van der Waals surface area contributed by atoms with E-state index in [0.717, 1.165) is 20.9 Å². The number of carbonyl (C=O) groups excluding carboxylic acids is 1. The molecule has 0 amide bonds. The lowest BCUT2D eigenvalue weighted by Crippen LogP contribution is -2.00. The van der Waals surface area contributed by atoms with Gasteiger partial charge >= 0.3 is 0 Å². The number of ketones is 1. The second kappa shape index (κ2) is 5.89. The predicted molar refractivity (Wildman–Crippen MR) is 66.4 cm³/mol. The normalized spacial score (nSPS) is 10.2. The molecule has 0 heterocycles. The molecule has 0 aliphatic carbocycles. The number of carbonyl (C=O) groups is 1. The first-order valence-corrected chi connectivity index (χ1v) is 6.57. The van der Waals surface area contributed by atoms with Gasteiger partial charge in [0.25, 0.3) is 0 Å². The van der Waals surface area contributed by atoms with E-state index in [4.69, 9.17) is 11.6 Å². The third-order valence-electron chi connectivity index (χ3n) is 1.76. The lowest BCUT2D eigenvalue weighted by atomic mass is 10.1. The number of Topliss-reactive ketones (excluding diaryl/α,β-unsaturated/α-hetero) is 1. The van der Waals surface area contributed by atoms with Crippen molar-refractivity contribution < 1.29 is 4.79 Å². The lowest BCUT2D eigenvalue weighted by Gasteiger charge is -2.03. The summed E-state index contributed by atoms with van der Waals surface area (Å²) in [5.74, 6) is 0.457. The number of benzene rings is 1. The third kappa shape index (κ3) is 3.37. The summed E-state index contributed by atoms with van der Waals surface area (Å²) < 4.78 is 0.923. The van der Waals surface area contributed by atoms with Crippen LogP contribution in [0.4, 0.5) is 0 Å². The van der Waals surface area contributed by atoms with Crippen LogP contribution >= 0.6 is 43.5 Å². The molecule has 76 valence electrons. The van der Waals surface area contributed by atoms with Gasteiger partial charge in [-0.15, -0.1) is 11.6 Å². The summed E-state index contributed by atoms with van der Waals surface area (Å²) >= 11 is 12.2. The summed E-state index contributed by atoms with van der Waals surface area (Å²) in [5.41, 5.74) is 1.80. The first-order chi connectivity index (χ1) is 6.67. The Bertz CT molecular complexity index is 339. The van der Waals surface area contributed by atoms with Gasteiger partial charge in [0.05, 0.1) is 0 Å². The maximum Gasteiger partial charge on any atom is 0.164 e. The monoisotopic (exact) mass is 338 g/mol. The van der Waals surface area contributed by atoms with Crippen molar-refractivity contribution in [3.8, 4) is 0 Å². The minimum Gasteiger partial charge on any atom is -0.294 e. The summed E-state index contributed by atoms with van der Waals surface area (Å²) in [4.78, 5) is 11.5. The molecule has 0 aromatic heterocycles. The zero-order valence-electron chi connectivity index (χ0n) is 7.40. The van der Waals surface area contributed by atoms with Gasteiger partial charge in [0.1, 0.15) is 0 Å². The molecule has 0 N–H and O–H groups in total. The van der Waals surface area contributed by atoms with Crippen LogP contribution in [-0.2, 0) is 5.33 Å². The van der Waals surface area contributed by atoms with E-state index in [-0.39, 0.29) is 5.78 Å². The Hall–Kier alpha value is 0.140.